The molecule has 0 spiro atoms. The first-order chi connectivity index (χ1) is 13.2. The average Bonchev–Trinajstić information content (AvgIpc) is 2.61. The number of imide groups is 1. The van der Waals surface area contributed by atoms with Crippen LogP contribution in [0.15, 0.2) is 24.3 Å². The van der Waals surface area contributed by atoms with E-state index in [0.717, 1.165) is 16.9 Å². The molecule has 0 radical (unpaired) electrons. The van der Waals surface area contributed by atoms with Gasteiger partial charge in [-0.3, -0.25) is 14.9 Å². The highest BCUT2D eigenvalue weighted by Crippen LogP contribution is 2.15. The van der Waals surface area contributed by atoms with E-state index >= 15 is 0 Å². The Morgan fingerprint density at radius 2 is 1.61 bits per heavy atom. The molecule has 0 aliphatic rings. The molecular formula is C21H34N3O4+. The number of likely N-dealkylation sites (N-methyl/N-ethyl adjacent to an activating group) is 1. The Labute approximate surface area is 167 Å². The molecule has 0 heterocycles. The SMILES string of the molecule is CCOC(=O)NC(=O)C[NH+](CC)CC(=O)N[C@@H](C)c1ccc(CC(C)C)cc1. The van der Waals surface area contributed by atoms with Gasteiger partial charge in [0.2, 0.25) is 0 Å². The summed E-state index contributed by atoms with van der Waals surface area (Å²) >= 11 is 0. The van der Waals surface area contributed by atoms with Crippen molar-refractivity contribution >= 4 is 17.9 Å². The summed E-state index contributed by atoms with van der Waals surface area (Å²) < 4.78 is 4.68. The van der Waals surface area contributed by atoms with Gasteiger partial charge in [-0.25, -0.2) is 4.79 Å². The first kappa shape index (κ1) is 23.6. The maximum absolute atomic E-state index is 12.4. The van der Waals surface area contributed by atoms with Crippen molar-refractivity contribution in [3.8, 4) is 0 Å². The van der Waals surface area contributed by atoms with E-state index in [2.05, 4.69) is 41.4 Å². The number of hydrogen-bond donors (Lipinski definition) is 3. The third kappa shape index (κ3) is 8.99. The molecule has 7 heteroatoms. The fourth-order valence-corrected chi connectivity index (χ4v) is 2.88. The number of rotatable bonds is 10. The Bertz CT molecular complexity index is 644. The van der Waals surface area contributed by atoms with E-state index in [1.54, 1.807) is 6.92 Å². The number of alkyl carbamates (subject to hydrolysis) is 1. The van der Waals surface area contributed by atoms with Gasteiger partial charge in [0.05, 0.1) is 19.2 Å². The van der Waals surface area contributed by atoms with Crippen molar-refractivity contribution in [1.82, 2.24) is 10.6 Å². The molecular weight excluding hydrogens is 358 g/mol. The van der Waals surface area contributed by atoms with Crippen LogP contribution in [0.25, 0.3) is 0 Å². The molecule has 0 aliphatic heterocycles. The second-order valence-electron chi connectivity index (χ2n) is 7.35. The summed E-state index contributed by atoms with van der Waals surface area (Å²) in [6, 6.07) is 8.16. The lowest BCUT2D eigenvalue weighted by atomic mass is 10.00. The molecule has 1 unspecified atom stereocenters. The zero-order valence-corrected chi connectivity index (χ0v) is 17.6. The van der Waals surface area contributed by atoms with Crippen molar-refractivity contribution < 1.29 is 24.0 Å². The number of quaternary nitrogens is 1. The molecule has 2 atom stereocenters. The topological polar surface area (TPSA) is 88.9 Å². The third-order valence-corrected chi connectivity index (χ3v) is 4.34. The van der Waals surface area contributed by atoms with Gasteiger partial charge in [-0.2, -0.15) is 0 Å². The van der Waals surface area contributed by atoms with Crippen molar-refractivity contribution in [3.63, 3.8) is 0 Å². The molecule has 7 nitrogen and oxygen atoms in total. The van der Waals surface area contributed by atoms with Crippen molar-refractivity contribution in [2.75, 3.05) is 26.2 Å². The summed E-state index contributed by atoms with van der Waals surface area (Å²) in [4.78, 5) is 36.3. The van der Waals surface area contributed by atoms with Gasteiger partial charge in [-0.05, 0) is 44.2 Å². The Hall–Kier alpha value is -2.41. The third-order valence-electron chi connectivity index (χ3n) is 4.34. The molecule has 1 aromatic carbocycles. The van der Waals surface area contributed by atoms with Crippen LogP contribution in [-0.4, -0.2) is 44.1 Å². The van der Waals surface area contributed by atoms with Gasteiger partial charge in [0.25, 0.3) is 11.8 Å². The normalized spacial score (nSPS) is 12.9. The lowest BCUT2D eigenvalue weighted by molar-refractivity contribution is -0.881. The van der Waals surface area contributed by atoms with Gasteiger partial charge in [0.1, 0.15) is 0 Å². The monoisotopic (exact) mass is 392 g/mol. The molecule has 0 saturated carbocycles. The van der Waals surface area contributed by atoms with Crippen molar-refractivity contribution in [2.45, 2.75) is 47.1 Å². The fraction of sp³-hybridized carbons (Fsp3) is 0.571. The zero-order chi connectivity index (χ0) is 21.1. The van der Waals surface area contributed by atoms with Crippen LogP contribution in [0.4, 0.5) is 4.79 Å². The van der Waals surface area contributed by atoms with Gasteiger partial charge >= 0.3 is 6.09 Å². The molecule has 3 N–H and O–H groups in total. The van der Waals surface area contributed by atoms with E-state index in [9.17, 15) is 14.4 Å². The number of benzene rings is 1. The highest BCUT2D eigenvalue weighted by molar-refractivity contribution is 5.92. The summed E-state index contributed by atoms with van der Waals surface area (Å²) in [6.45, 7) is 10.8. The van der Waals surface area contributed by atoms with Gasteiger partial charge in [-0.15, -0.1) is 0 Å². The summed E-state index contributed by atoms with van der Waals surface area (Å²) in [5.41, 5.74) is 2.32. The molecule has 0 aromatic heterocycles. The van der Waals surface area contributed by atoms with Gasteiger partial charge in [-0.1, -0.05) is 38.1 Å². The minimum atomic E-state index is -0.762. The Kier molecular flexibility index (Phi) is 10.2. The van der Waals surface area contributed by atoms with Crippen LogP contribution in [0.2, 0.25) is 0 Å². The van der Waals surface area contributed by atoms with Crippen molar-refractivity contribution in [3.05, 3.63) is 35.4 Å². The first-order valence-electron chi connectivity index (χ1n) is 9.93. The summed E-state index contributed by atoms with van der Waals surface area (Å²) in [5.74, 6) is 0.00318. The molecule has 156 valence electrons. The number of hydrogen-bond acceptors (Lipinski definition) is 4. The molecule has 1 aromatic rings. The van der Waals surface area contributed by atoms with Crippen LogP contribution in [0.3, 0.4) is 0 Å². The number of amides is 3. The predicted octanol–water partition coefficient (Wildman–Crippen LogP) is 1.24. The van der Waals surface area contributed by atoms with E-state index in [-0.39, 0.29) is 31.6 Å². The molecule has 28 heavy (non-hydrogen) atoms. The standard InChI is InChI=1S/C21H33N3O4/c1-6-24(14-20(26)23-21(27)28-7-2)13-19(25)22-16(5)18-10-8-17(9-11-18)12-15(3)4/h8-11,15-16H,6-7,12-14H2,1-5H3,(H,22,25)(H,23,26,27)/p+1/t16-/m0/s1. The van der Waals surface area contributed by atoms with E-state index in [1.807, 2.05) is 26.0 Å². The first-order valence-corrected chi connectivity index (χ1v) is 9.93. The minimum Gasteiger partial charge on any atom is -0.450 e. The second kappa shape index (κ2) is 12.1. The molecule has 3 amide bonds. The number of ether oxygens (including phenoxy) is 1. The number of nitrogens with one attached hydrogen (secondary N) is 3. The Morgan fingerprint density at radius 3 is 2.14 bits per heavy atom. The summed E-state index contributed by atoms with van der Waals surface area (Å²) in [5, 5.41) is 5.12. The van der Waals surface area contributed by atoms with Crippen LogP contribution in [0.5, 0.6) is 0 Å². The lowest BCUT2D eigenvalue weighted by Gasteiger charge is -2.19. The van der Waals surface area contributed by atoms with Gasteiger partial charge in [0.15, 0.2) is 13.1 Å². The number of carbonyl (C=O) groups excluding carboxylic acids is 3. The van der Waals surface area contributed by atoms with Crippen LogP contribution in [0.1, 0.15) is 51.8 Å². The number of carbonyl (C=O) groups is 3. The molecule has 0 fully saturated rings. The Morgan fingerprint density at radius 1 is 1.00 bits per heavy atom. The van der Waals surface area contributed by atoms with Crippen LogP contribution < -0.4 is 15.5 Å². The predicted molar refractivity (Wildman–Crippen MR) is 108 cm³/mol. The second-order valence-corrected chi connectivity index (χ2v) is 7.35. The quantitative estimate of drug-likeness (QED) is 0.559. The van der Waals surface area contributed by atoms with Gasteiger partial charge in [0, 0.05) is 0 Å². The lowest BCUT2D eigenvalue weighted by Crippen LogP contribution is -3.14. The largest absolute Gasteiger partial charge is 0.450 e. The van der Waals surface area contributed by atoms with Gasteiger partial charge < -0.3 is 15.0 Å². The Balaban J connectivity index is 2.51. The van der Waals surface area contributed by atoms with Crippen LogP contribution >= 0.6 is 0 Å². The maximum Gasteiger partial charge on any atom is 0.414 e. The highest BCUT2D eigenvalue weighted by Gasteiger charge is 2.20. The summed E-state index contributed by atoms with van der Waals surface area (Å²) in [7, 11) is 0. The molecule has 0 aliphatic carbocycles. The maximum atomic E-state index is 12.4. The van der Waals surface area contributed by atoms with E-state index in [1.165, 1.54) is 5.56 Å². The fourth-order valence-electron chi connectivity index (χ4n) is 2.88. The summed E-state index contributed by atoms with van der Waals surface area (Å²) in [6.07, 6.45) is 0.269. The molecule has 0 saturated heterocycles. The van der Waals surface area contributed by atoms with Crippen LogP contribution in [-0.2, 0) is 20.7 Å². The van der Waals surface area contributed by atoms with E-state index in [0.29, 0.717) is 12.5 Å². The highest BCUT2D eigenvalue weighted by atomic mass is 16.5. The van der Waals surface area contributed by atoms with Crippen molar-refractivity contribution in [1.29, 1.82) is 0 Å². The molecule has 1 rings (SSSR count). The van der Waals surface area contributed by atoms with E-state index in [4.69, 9.17) is 0 Å². The molecule has 0 bridgehead atoms. The smallest absolute Gasteiger partial charge is 0.414 e. The average molecular weight is 393 g/mol. The van der Waals surface area contributed by atoms with E-state index < -0.39 is 12.0 Å². The zero-order valence-electron chi connectivity index (χ0n) is 17.6. The minimum absolute atomic E-state index is 0.0288. The van der Waals surface area contributed by atoms with Crippen molar-refractivity contribution in [2.24, 2.45) is 5.92 Å². The van der Waals surface area contributed by atoms with Crippen LogP contribution in [0, 0.1) is 5.92 Å².